The number of hydrogen-bond acceptors (Lipinski definition) is 2. The Morgan fingerprint density at radius 2 is 2.04 bits per heavy atom. The number of likely N-dealkylation sites (N-methyl/N-ethyl adjacent to an activating group) is 2. The van der Waals surface area contributed by atoms with Gasteiger partial charge in [0.15, 0.2) is 0 Å². The molecule has 2 aliphatic rings. The summed E-state index contributed by atoms with van der Waals surface area (Å²) in [5.74, 6) is 0. The summed E-state index contributed by atoms with van der Waals surface area (Å²) < 4.78 is 0. The van der Waals surface area contributed by atoms with Crippen molar-refractivity contribution in [2.24, 2.45) is 0 Å². The Kier molecular flexibility index (Phi) is 4.90. The van der Waals surface area contributed by atoms with E-state index in [4.69, 9.17) is 0 Å². The van der Waals surface area contributed by atoms with Crippen molar-refractivity contribution in [3.05, 3.63) is 35.9 Å². The SMILES string of the molecule is CN(C[C@@H]1CCCCN1C)C(=O)NC1(Cc2ccccc2)CC1. The predicted octanol–water partition coefficient (Wildman–Crippen LogP) is 2.89. The van der Waals surface area contributed by atoms with Crippen LogP contribution >= 0.6 is 0 Å². The molecule has 4 heteroatoms. The summed E-state index contributed by atoms with van der Waals surface area (Å²) in [5.41, 5.74) is 1.30. The second kappa shape index (κ2) is 6.91. The molecule has 1 aromatic carbocycles. The van der Waals surface area contributed by atoms with Gasteiger partial charge in [0.2, 0.25) is 0 Å². The number of carbonyl (C=O) groups excluding carboxylic acids is 1. The van der Waals surface area contributed by atoms with Crippen LogP contribution in [0, 0.1) is 0 Å². The second-order valence-electron chi connectivity index (χ2n) is 7.38. The summed E-state index contributed by atoms with van der Waals surface area (Å²) in [5, 5.41) is 3.29. The number of piperidine rings is 1. The highest BCUT2D eigenvalue weighted by molar-refractivity contribution is 5.75. The fraction of sp³-hybridized carbons (Fsp3) is 0.632. The van der Waals surface area contributed by atoms with Crippen molar-refractivity contribution in [1.82, 2.24) is 15.1 Å². The Hall–Kier alpha value is -1.55. The number of amides is 2. The Morgan fingerprint density at radius 1 is 1.30 bits per heavy atom. The minimum absolute atomic E-state index is 0.00877. The monoisotopic (exact) mass is 315 g/mol. The maximum absolute atomic E-state index is 12.6. The predicted molar refractivity (Wildman–Crippen MR) is 93.5 cm³/mol. The van der Waals surface area contributed by atoms with Crippen LogP contribution in [0.2, 0.25) is 0 Å². The number of benzene rings is 1. The van der Waals surface area contributed by atoms with Crippen LogP contribution in [0.25, 0.3) is 0 Å². The maximum Gasteiger partial charge on any atom is 0.317 e. The topological polar surface area (TPSA) is 35.6 Å². The van der Waals surface area contributed by atoms with Crippen LogP contribution in [-0.2, 0) is 6.42 Å². The number of likely N-dealkylation sites (tertiary alicyclic amines) is 1. The van der Waals surface area contributed by atoms with Gasteiger partial charge in [-0.05, 0) is 51.3 Å². The number of nitrogens with zero attached hydrogens (tertiary/aromatic N) is 2. The van der Waals surface area contributed by atoms with Gasteiger partial charge in [-0.2, -0.15) is 0 Å². The van der Waals surface area contributed by atoms with E-state index in [1.807, 2.05) is 18.0 Å². The standard InChI is InChI=1S/C19H29N3O/c1-21-13-7-6-10-17(21)15-22(2)18(23)20-19(11-12-19)14-16-8-4-3-5-9-16/h3-5,8-9,17H,6-7,10-15H2,1-2H3,(H,20,23)/t17-/m0/s1. The van der Waals surface area contributed by atoms with E-state index < -0.39 is 0 Å². The van der Waals surface area contributed by atoms with Crippen molar-refractivity contribution < 1.29 is 4.79 Å². The third kappa shape index (κ3) is 4.25. The number of hydrogen-bond donors (Lipinski definition) is 1. The number of carbonyl (C=O) groups is 1. The van der Waals surface area contributed by atoms with E-state index in [2.05, 4.69) is 41.5 Å². The van der Waals surface area contributed by atoms with E-state index in [1.54, 1.807) is 0 Å². The lowest BCUT2D eigenvalue weighted by Crippen LogP contribution is -2.50. The fourth-order valence-electron chi connectivity index (χ4n) is 3.58. The van der Waals surface area contributed by atoms with Crippen LogP contribution < -0.4 is 5.32 Å². The number of urea groups is 1. The van der Waals surface area contributed by atoms with Crippen molar-refractivity contribution in [3.8, 4) is 0 Å². The molecule has 2 fully saturated rings. The molecule has 3 rings (SSSR count). The minimum atomic E-state index is -0.00877. The largest absolute Gasteiger partial charge is 0.332 e. The lowest BCUT2D eigenvalue weighted by atomic mass is 10.0. The van der Waals surface area contributed by atoms with E-state index in [0.717, 1.165) is 32.4 Å². The minimum Gasteiger partial charge on any atom is -0.332 e. The number of rotatable bonds is 5. The Labute approximate surface area is 139 Å². The van der Waals surface area contributed by atoms with E-state index in [0.29, 0.717) is 6.04 Å². The smallest absolute Gasteiger partial charge is 0.317 e. The van der Waals surface area contributed by atoms with Gasteiger partial charge >= 0.3 is 6.03 Å². The highest BCUT2D eigenvalue weighted by atomic mass is 16.2. The average Bonchev–Trinajstić information content (AvgIpc) is 3.29. The molecular weight excluding hydrogens is 286 g/mol. The van der Waals surface area contributed by atoms with Gasteiger partial charge in [0, 0.05) is 25.2 Å². The molecule has 1 heterocycles. The van der Waals surface area contributed by atoms with Crippen LogP contribution in [0.3, 0.4) is 0 Å². The molecule has 1 saturated heterocycles. The molecule has 4 nitrogen and oxygen atoms in total. The van der Waals surface area contributed by atoms with Gasteiger partial charge in [-0.25, -0.2) is 4.79 Å². The lowest BCUT2D eigenvalue weighted by Gasteiger charge is -2.35. The molecule has 23 heavy (non-hydrogen) atoms. The van der Waals surface area contributed by atoms with Gasteiger partial charge in [0.05, 0.1) is 0 Å². The van der Waals surface area contributed by atoms with Crippen LogP contribution in [0.5, 0.6) is 0 Å². The molecule has 0 bridgehead atoms. The van der Waals surface area contributed by atoms with Crippen LogP contribution in [0.15, 0.2) is 30.3 Å². The van der Waals surface area contributed by atoms with Crippen LogP contribution in [0.4, 0.5) is 4.79 Å². The molecule has 0 aromatic heterocycles. The van der Waals surface area contributed by atoms with Gasteiger partial charge in [0.25, 0.3) is 0 Å². The Bertz CT molecular complexity index is 527. The molecule has 1 saturated carbocycles. The summed E-state index contributed by atoms with van der Waals surface area (Å²) in [6, 6.07) is 11.0. The Balaban J connectivity index is 1.52. The van der Waals surface area contributed by atoms with Crippen molar-refractivity contribution in [1.29, 1.82) is 0 Å². The van der Waals surface area contributed by atoms with Crippen LogP contribution in [0.1, 0.15) is 37.7 Å². The molecule has 1 atom stereocenters. The molecular formula is C19H29N3O. The maximum atomic E-state index is 12.6. The van der Waals surface area contributed by atoms with Crippen molar-refractivity contribution >= 4 is 6.03 Å². The van der Waals surface area contributed by atoms with Gasteiger partial charge in [-0.15, -0.1) is 0 Å². The highest BCUT2D eigenvalue weighted by Gasteiger charge is 2.44. The van der Waals surface area contributed by atoms with Crippen molar-refractivity contribution in [2.75, 3.05) is 27.2 Å². The molecule has 126 valence electrons. The molecule has 1 aliphatic carbocycles. The van der Waals surface area contributed by atoms with Crippen LogP contribution in [-0.4, -0.2) is 54.6 Å². The molecule has 0 unspecified atom stereocenters. The second-order valence-corrected chi connectivity index (χ2v) is 7.38. The summed E-state index contributed by atoms with van der Waals surface area (Å²) in [6.45, 7) is 1.97. The third-order valence-corrected chi connectivity index (χ3v) is 5.36. The quantitative estimate of drug-likeness (QED) is 0.907. The first-order valence-electron chi connectivity index (χ1n) is 8.85. The van der Waals surface area contributed by atoms with Gasteiger partial charge < -0.3 is 15.1 Å². The van der Waals surface area contributed by atoms with E-state index in [9.17, 15) is 4.79 Å². The zero-order valence-corrected chi connectivity index (χ0v) is 14.4. The normalized spacial score (nSPS) is 23.3. The molecule has 0 radical (unpaired) electrons. The number of nitrogens with one attached hydrogen (secondary N) is 1. The lowest BCUT2D eigenvalue weighted by molar-refractivity contribution is 0.142. The van der Waals surface area contributed by atoms with Crippen molar-refractivity contribution in [3.63, 3.8) is 0 Å². The van der Waals surface area contributed by atoms with E-state index >= 15 is 0 Å². The zero-order valence-electron chi connectivity index (χ0n) is 14.4. The van der Waals surface area contributed by atoms with Gasteiger partial charge in [0.1, 0.15) is 0 Å². The molecule has 1 N–H and O–H groups in total. The first-order valence-corrected chi connectivity index (χ1v) is 8.85. The molecule has 1 aliphatic heterocycles. The first-order chi connectivity index (χ1) is 11.1. The first kappa shape index (κ1) is 16.3. The van der Waals surface area contributed by atoms with E-state index in [1.165, 1.54) is 24.8 Å². The van der Waals surface area contributed by atoms with Gasteiger partial charge in [-0.1, -0.05) is 36.8 Å². The third-order valence-electron chi connectivity index (χ3n) is 5.36. The fourth-order valence-corrected chi connectivity index (χ4v) is 3.58. The summed E-state index contributed by atoms with van der Waals surface area (Å²) in [6.07, 6.45) is 6.88. The van der Waals surface area contributed by atoms with Gasteiger partial charge in [-0.3, -0.25) is 0 Å². The molecule has 0 spiro atoms. The highest BCUT2D eigenvalue weighted by Crippen LogP contribution is 2.38. The summed E-state index contributed by atoms with van der Waals surface area (Å²) in [4.78, 5) is 16.8. The average molecular weight is 315 g/mol. The van der Waals surface area contributed by atoms with Crippen molar-refractivity contribution in [2.45, 2.75) is 50.1 Å². The summed E-state index contributed by atoms with van der Waals surface area (Å²) in [7, 11) is 4.10. The Morgan fingerprint density at radius 3 is 2.70 bits per heavy atom. The summed E-state index contributed by atoms with van der Waals surface area (Å²) >= 11 is 0. The van der Waals surface area contributed by atoms with E-state index in [-0.39, 0.29) is 11.6 Å². The molecule has 1 aromatic rings. The molecule has 2 amide bonds. The zero-order chi connectivity index (χ0) is 16.3.